The van der Waals surface area contributed by atoms with Crippen LogP contribution in [0.25, 0.3) is 11.0 Å². The molecule has 2 aromatic rings. The Morgan fingerprint density at radius 3 is 2.35 bits per heavy atom. The zero-order valence-electron chi connectivity index (χ0n) is 17.8. The molecule has 1 aromatic carbocycles. The number of ether oxygens (including phenoxy) is 2. The summed E-state index contributed by atoms with van der Waals surface area (Å²) in [6.07, 6.45) is -2.28. The molecule has 0 saturated carbocycles. The topological polar surface area (TPSA) is 102 Å². The van der Waals surface area contributed by atoms with Gasteiger partial charge in [-0.05, 0) is 32.9 Å². The number of alkyl halides is 2. The van der Waals surface area contributed by atoms with Crippen LogP contribution in [0.4, 0.5) is 13.6 Å². The van der Waals surface area contributed by atoms with E-state index >= 15 is 0 Å². The molecule has 1 amide bonds. The Morgan fingerprint density at radius 1 is 1.19 bits per heavy atom. The summed E-state index contributed by atoms with van der Waals surface area (Å²) in [4.78, 5) is 33.4. The summed E-state index contributed by atoms with van der Waals surface area (Å²) in [5.74, 6) is -4.89. The molecule has 31 heavy (non-hydrogen) atoms. The number of carboxylic acid groups (broad SMARTS) is 1. The van der Waals surface area contributed by atoms with Crippen LogP contribution in [0.15, 0.2) is 24.3 Å². The Kier molecular flexibility index (Phi) is 6.02. The molecule has 1 aromatic heterocycles. The van der Waals surface area contributed by atoms with Gasteiger partial charge in [0.1, 0.15) is 17.7 Å². The predicted octanol–water partition coefficient (Wildman–Crippen LogP) is 3.97. The number of hydrogen-bond acceptors (Lipinski definition) is 6. The normalized spacial score (nSPS) is 19.5. The minimum absolute atomic E-state index is 0.0970. The number of fused-ring (bicyclic) bond motifs is 1. The van der Waals surface area contributed by atoms with Crippen molar-refractivity contribution in [1.82, 2.24) is 14.9 Å². The lowest BCUT2D eigenvalue weighted by atomic mass is 10.1. The first-order chi connectivity index (χ1) is 14.4. The van der Waals surface area contributed by atoms with Gasteiger partial charge in [0.25, 0.3) is 5.92 Å². The number of para-hydroxylation sites is 2. The highest BCUT2D eigenvalue weighted by Gasteiger charge is 2.44. The highest BCUT2D eigenvalue weighted by atomic mass is 19.3. The summed E-state index contributed by atoms with van der Waals surface area (Å²) in [6, 6.07) is 5.34. The van der Waals surface area contributed by atoms with Gasteiger partial charge in [0, 0.05) is 12.8 Å². The molecule has 0 radical (unpaired) electrons. The molecule has 2 atom stereocenters. The summed E-state index contributed by atoms with van der Waals surface area (Å²) in [5.41, 5.74) is -0.774. The zero-order valence-corrected chi connectivity index (χ0v) is 17.8. The summed E-state index contributed by atoms with van der Waals surface area (Å²) in [7, 11) is 0. The number of carbonyl (C=O) groups is 2. The van der Waals surface area contributed by atoms with E-state index in [4.69, 9.17) is 9.47 Å². The molecule has 1 saturated heterocycles. The van der Waals surface area contributed by atoms with Gasteiger partial charge in [-0.25, -0.2) is 19.6 Å². The van der Waals surface area contributed by atoms with Gasteiger partial charge in [0.05, 0.1) is 17.6 Å². The molecule has 1 fully saturated rings. The molecule has 168 valence electrons. The second-order valence-corrected chi connectivity index (χ2v) is 8.39. The number of carbonyl (C=O) groups excluding carboxylic acids is 1. The maximum Gasteiger partial charge on any atom is 0.411 e. The maximum absolute atomic E-state index is 14.6. The van der Waals surface area contributed by atoms with Crippen LogP contribution >= 0.6 is 0 Å². The summed E-state index contributed by atoms with van der Waals surface area (Å²) >= 11 is 0. The third kappa shape index (κ3) is 5.00. The van der Waals surface area contributed by atoms with Crippen LogP contribution in [-0.2, 0) is 15.5 Å². The van der Waals surface area contributed by atoms with Crippen LogP contribution < -0.4 is 4.74 Å². The first-order valence-corrected chi connectivity index (χ1v) is 9.95. The molecule has 3 rings (SSSR count). The van der Waals surface area contributed by atoms with E-state index in [1.807, 2.05) is 0 Å². The Hall–Kier alpha value is -3.04. The number of aliphatic carboxylic acids is 1. The number of amides is 1. The Morgan fingerprint density at radius 2 is 1.81 bits per heavy atom. The van der Waals surface area contributed by atoms with Gasteiger partial charge in [-0.2, -0.15) is 8.78 Å². The fourth-order valence-corrected chi connectivity index (χ4v) is 3.27. The van der Waals surface area contributed by atoms with E-state index in [2.05, 4.69) is 9.97 Å². The van der Waals surface area contributed by atoms with Gasteiger partial charge < -0.3 is 14.6 Å². The predicted molar refractivity (Wildman–Crippen MR) is 107 cm³/mol. The molecule has 0 aliphatic carbocycles. The Labute approximate surface area is 178 Å². The quantitative estimate of drug-likeness (QED) is 0.755. The van der Waals surface area contributed by atoms with Gasteiger partial charge in [0.15, 0.2) is 5.69 Å². The van der Waals surface area contributed by atoms with Gasteiger partial charge in [-0.3, -0.25) is 4.90 Å². The van der Waals surface area contributed by atoms with E-state index in [0.29, 0.717) is 11.0 Å². The van der Waals surface area contributed by atoms with Gasteiger partial charge in [-0.15, -0.1) is 0 Å². The van der Waals surface area contributed by atoms with E-state index in [-0.39, 0.29) is 18.8 Å². The molecule has 2 heterocycles. The summed E-state index contributed by atoms with van der Waals surface area (Å²) in [5, 5.41) is 9.53. The van der Waals surface area contributed by atoms with Gasteiger partial charge >= 0.3 is 12.1 Å². The standard InChI is InChI=1S/C21H25F2N3O5/c1-5-21(22,23)16-17(25-14-9-7-6-8-13(14)24-16)30-12-10-15(18(27)28)26(11-12)19(29)31-20(2,3)4/h6-9,12,15H,5,10-11H2,1-4H3,(H,27,28)/t12-,15+/m1/s1. The van der Waals surface area contributed by atoms with Crippen LogP contribution in [0.2, 0.25) is 0 Å². The van der Waals surface area contributed by atoms with E-state index in [9.17, 15) is 23.5 Å². The average Bonchev–Trinajstić information content (AvgIpc) is 3.10. The van der Waals surface area contributed by atoms with Crippen molar-refractivity contribution in [3.05, 3.63) is 30.0 Å². The lowest BCUT2D eigenvalue weighted by molar-refractivity contribution is -0.142. The number of aromatic nitrogens is 2. The first-order valence-electron chi connectivity index (χ1n) is 9.95. The molecular weight excluding hydrogens is 412 g/mol. The number of likely N-dealkylation sites (tertiary alicyclic amines) is 1. The fraction of sp³-hybridized carbons (Fsp3) is 0.524. The summed E-state index contributed by atoms with van der Waals surface area (Å²) < 4.78 is 40.2. The molecule has 1 aliphatic heterocycles. The molecule has 8 nitrogen and oxygen atoms in total. The molecule has 0 bridgehead atoms. The second kappa shape index (κ2) is 8.24. The van der Waals surface area contributed by atoms with Crippen molar-refractivity contribution in [1.29, 1.82) is 0 Å². The van der Waals surface area contributed by atoms with Gasteiger partial charge in [0.2, 0.25) is 5.88 Å². The van der Waals surface area contributed by atoms with Crippen molar-refractivity contribution in [2.75, 3.05) is 6.54 Å². The van der Waals surface area contributed by atoms with Crippen LogP contribution in [0.3, 0.4) is 0 Å². The number of nitrogens with zero attached hydrogens (tertiary/aromatic N) is 3. The number of benzene rings is 1. The monoisotopic (exact) mass is 437 g/mol. The third-order valence-corrected chi connectivity index (χ3v) is 4.78. The van der Waals surface area contributed by atoms with Crippen molar-refractivity contribution >= 4 is 23.1 Å². The highest BCUT2D eigenvalue weighted by Crippen LogP contribution is 2.37. The average molecular weight is 437 g/mol. The molecule has 10 heteroatoms. The van der Waals surface area contributed by atoms with Crippen LogP contribution in [0.5, 0.6) is 5.88 Å². The van der Waals surface area contributed by atoms with Crippen molar-refractivity contribution in [2.24, 2.45) is 0 Å². The number of carboxylic acids is 1. The van der Waals surface area contributed by atoms with Crippen molar-refractivity contribution in [2.45, 2.75) is 64.2 Å². The van der Waals surface area contributed by atoms with Gasteiger partial charge in [-0.1, -0.05) is 19.1 Å². The van der Waals surface area contributed by atoms with Crippen LogP contribution in [0, 0.1) is 0 Å². The first kappa shape index (κ1) is 22.6. The van der Waals surface area contributed by atoms with Crippen molar-refractivity contribution in [3.63, 3.8) is 0 Å². The van der Waals surface area contributed by atoms with Crippen molar-refractivity contribution < 1.29 is 33.0 Å². The maximum atomic E-state index is 14.6. The molecule has 1 aliphatic rings. The third-order valence-electron chi connectivity index (χ3n) is 4.78. The minimum Gasteiger partial charge on any atom is -0.480 e. The molecule has 0 spiro atoms. The number of hydrogen-bond donors (Lipinski definition) is 1. The summed E-state index contributed by atoms with van der Waals surface area (Å²) in [6.45, 7) is 6.16. The van der Waals surface area contributed by atoms with E-state index < -0.39 is 47.8 Å². The SMILES string of the molecule is CCC(F)(F)c1nc2ccccc2nc1O[C@@H]1C[C@@H](C(=O)O)N(C(=O)OC(C)(C)C)C1. The number of rotatable bonds is 5. The van der Waals surface area contributed by atoms with E-state index in [0.717, 1.165) is 4.90 Å². The molecule has 1 N–H and O–H groups in total. The van der Waals surface area contributed by atoms with Crippen molar-refractivity contribution in [3.8, 4) is 5.88 Å². The fourth-order valence-electron chi connectivity index (χ4n) is 3.27. The largest absolute Gasteiger partial charge is 0.480 e. The van der Waals surface area contributed by atoms with Crippen LogP contribution in [-0.4, -0.2) is 56.3 Å². The smallest absolute Gasteiger partial charge is 0.411 e. The van der Waals surface area contributed by atoms with E-state index in [1.54, 1.807) is 45.0 Å². The van der Waals surface area contributed by atoms with Crippen LogP contribution in [0.1, 0.15) is 46.2 Å². The van der Waals surface area contributed by atoms with E-state index in [1.165, 1.54) is 6.92 Å². The minimum atomic E-state index is -3.29. The Balaban J connectivity index is 1.92. The molecule has 0 unspecified atom stereocenters. The lowest BCUT2D eigenvalue weighted by Gasteiger charge is -2.26. The Bertz CT molecular complexity index is 993. The second-order valence-electron chi connectivity index (χ2n) is 8.39. The lowest BCUT2D eigenvalue weighted by Crippen LogP contribution is -2.43. The highest BCUT2D eigenvalue weighted by molar-refractivity contribution is 5.81. The molecular formula is C21H25F2N3O5. The number of halogens is 2. The zero-order chi connectivity index (χ0) is 23.0.